The van der Waals surface area contributed by atoms with Crippen molar-refractivity contribution in [1.29, 1.82) is 0 Å². The minimum atomic E-state index is -0.175. The van der Waals surface area contributed by atoms with E-state index in [9.17, 15) is 9.59 Å². The number of rotatable bonds is 8. The predicted molar refractivity (Wildman–Crippen MR) is 89.7 cm³/mol. The highest BCUT2D eigenvalue weighted by Gasteiger charge is 2.13. The molecule has 4 nitrogen and oxygen atoms in total. The molecule has 0 fully saturated rings. The number of para-hydroxylation sites is 1. The van der Waals surface area contributed by atoms with E-state index >= 15 is 0 Å². The third-order valence-corrected chi connectivity index (χ3v) is 4.02. The number of aryl methyl sites for hydroxylation is 1. The second kappa shape index (κ2) is 9.55. The average Bonchev–Trinajstić information content (AvgIpc) is 2.47. The van der Waals surface area contributed by atoms with Crippen LogP contribution in [0.15, 0.2) is 24.3 Å². The lowest BCUT2D eigenvalue weighted by atomic mass is 10.1. The van der Waals surface area contributed by atoms with Crippen LogP contribution in [-0.2, 0) is 16.0 Å². The molecular weight excluding hydrogens is 332 g/mol. The quantitative estimate of drug-likeness (QED) is 0.704. The topological polar surface area (TPSA) is 58.2 Å². The first-order valence-corrected chi connectivity index (χ1v) is 8.29. The molecule has 0 heterocycles. The molecule has 2 N–H and O–H groups in total. The number of hydrogen-bond acceptors (Lipinski definition) is 2. The lowest BCUT2D eigenvalue weighted by molar-refractivity contribution is -0.120. The summed E-state index contributed by atoms with van der Waals surface area (Å²) in [5.41, 5.74) is 1.96. The van der Waals surface area contributed by atoms with Crippen molar-refractivity contribution in [1.82, 2.24) is 5.32 Å². The lowest BCUT2D eigenvalue weighted by Crippen LogP contribution is -2.33. The monoisotopic (exact) mass is 354 g/mol. The number of nitrogens with one attached hydrogen (secondary N) is 2. The first-order valence-electron chi connectivity index (χ1n) is 7.38. The number of halogens is 1. The Morgan fingerprint density at radius 1 is 1.24 bits per heavy atom. The van der Waals surface area contributed by atoms with Gasteiger partial charge in [0.2, 0.25) is 11.8 Å². The first-order chi connectivity index (χ1) is 10.1. The van der Waals surface area contributed by atoms with E-state index in [2.05, 4.69) is 33.5 Å². The number of carbonyl (C=O) groups is 2. The molecule has 0 aliphatic rings. The van der Waals surface area contributed by atoms with E-state index in [-0.39, 0.29) is 23.1 Å². The molecule has 5 heteroatoms. The van der Waals surface area contributed by atoms with Crippen molar-refractivity contribution in [3.8, 4) is 0 Å². The summed E-state index contributed by atoms with van der Waals surface area (Å²) in [6, 6.07) is 7.75. The summed E-state index contributed by atoms with van der Waals surface area (Å²) in [5, 5.41) is 5.65. The Bertz CT molecular complexity index is 477. The maximum atomic E-state index is 11.9. The SMILES string of the molecule is CCCC(Br)C(=O)NCCC(=O)Nc1ccccc1CC. The fourth-order valence-corrected chi connectivity index (χ4v) is 2.58. The van der Waals surface area contributed by atoms with Gasteiger partial charge >= 0.3 is 0 Å². The maximum absolute atomic E-state index is 11.9. The lowest BCUT2D eigenvalue weighted by Gasteiger charge is -2.11. The van der Waals surface area contributed by atoms with Crippen LogP contribution in [0.1, 0.15) is 38.7 Å². The number of carbonyl (C=O) groups excluding carboxylic acids is 2. The highest BCUT2D eigenvalue weighted by molar-refractivity contribution is 9.10. The van der Waals surface area contributed by atoms with E-state index < -0.39 is 0 Å². The average molecular weight is 355 g/mol. The van der Waals surface area contributed by atoms with E-state index in [0.717, 1.165) is 30.5 Å². The van der Waals surface area contributed by atoms with Gasteiger partial charge in [0.15, 0.2) is 0 Å². The number of anilines is 1. The molecule has 2 amide bonds. The second-order valence-electron chi connectivity index (χ2n) is 4.86. The van der Waals surface area contributed by atoms with Crippen molar-refractivity contribution in [2.45, 2.75) is 44.4 Å². The van der Waals surface area contributed by atoms with E-state index in [4.69, 9.17) is 0 Å². The van der Waals surface area contributed by atoms with Gasteiger partial charge in [0, 0.05) is 18.7 Å². The zero-order chi connectivity index (χ0) is 15.7. The predicted octanol–water partition coefficient (Wildman–Crippen LogP) is 3.26. The summed E-state index contributed by atoms with van der Waals surface area (Å²) in [6.07, 6.45) is 2.88. The van der Waals surface area contributed by atoms with Crippen LogP contribution in [0.4, 0.5) is 5.69 Å². The molecule has 0 saturated heterocycles. The fraction of sp³-hybridized carbons (Fsp3) is 0.500. The van der Waals surface area contributed by atoms with Gasteiger partial charge in [-0.05, 0) is 24.5 Å². The molecule has 1 rings (SSSR count). The summed E-state index contributed by atoms with van der Waals surface area (Å²) in [5.74, 6) is -0.142. The summed E-state index contributed by atoms with van der Waals surface area (Å²) >= 11 is 3.33. The molecule has 0 aromatic heterocycles. The Labute approximate surface area is 134 Å². The van der Waals surface area contributed by atoms with Crippen molar-refractivity contribution in [3.63, 3.8) is 0 Å². The summed E-state index contributed by atoms with van der Waals surface area (Å²) < 4.78 is 0. The Morgan fingerprint density at radius 3 is 2.62 bits per heavy atom. The van der Waals surface area contributed by atoms with Crippen LogP contribution in [0, 0.1) is 0 Å². The number of benzene rings is 1. The molecule has 116 valence electrons. The van der Waals surface area contributed by atoms with E-state index in [0.29, 0.717) is 6.54 Å². The molecule has 0 bridgehead atoms. The minimum absolute atomic E-state index is 0.0568. The van der Waals surface area contributed by atoms with Crippen LogP contribution in [-0.4, -0.2) is 23.2 Å². The van der Waals surface area contributed by atoms with E-state index in [1.54, 1.807) is 0 Å². The zero-order valence-electron chi connectivity index (χ0n) is 12.6. The van der Waals surface area contributed by atoms with Gasteiger partial charge < -0.3 is 10.6 Å². The highest BCUT2D eigenvalue weighted by atomic mass is 79.9. The largest absolute Gasteiger partial charge is 0.355 e. The van der Waals surface area contributed by atoms with Gasteiger partial charge in [-0.3, -0.25) is 9.59 Å². The molecule has 21 heavy (non-hydrogen) atoms. The van der Waals surface area contributed by atoms with Gasteiger partial charge in [0.25, 0.3) is 0 Å². The van der Waals surface area contributed by atoms with Crippen molar-refractivity contribution < 1.29 is 9.59 Å². The second-order valence-corrected chi connectivity index (χ2v) is 5.96. The van der Waals surface area contributed by atoms with Crippen LogP contribution in [0.3, 0.4) is 0 Å². The first kappa shape index (κ1) is 17.7. The Kier molecular flexibility index (Phi) is 8.05. The molecular formula is C16H23BrN2O2. The molecule has 0 radical (unpaired) electrons. The normalized spacial score (nSPS) is 11.8. The van der Waals surface area contributed by atoms with Crippen molar-refractivity contribution in [2.75, 3.05) is 11.9 Å². The summed E-state index contributed by atoms with van der Waals surface area (Å²) in [6.45, 7) is 4.43. The molecule has 1 aromatic rings. The Morgan fingerprint density at radius 2 is 1.95 bits per heavy atom. The van der Waals surface area contributed by atoms with Crippen LogP contribution < -0.4 is 10.6 Å². The highest BCUT2D eigenvalue weighted by Crippen LogP contribution is 2.15. The van der Waals surface area contributed by atoms with Gasteiger partial charge in [-0.15, -0.1) is 0 Å². The summed E-state index contributed by atoms with van der Waals surface area (Å²) in [4.78, 5) is 23.4. The third kappa shape index (κ3) is 6.29. The molecule has 0 aliphatic heterocycles. The number of amides is 2. The molecule has 1 atom stereocenters. The minimum Gasteiger partial charge on any atom is -0.355 e. The molecule has 1 unspecified atom stereocenters. The van der Waals surface area contributed by atoms with Crippen LogP contribution in [0.25, 0.3) is 0 Å². The Balaban J connectivity index is 2.36. The van der Waals surface area contributed by atoms with Crippen molar-refractivity contribution in [2.24, 2.45) is 0 Å². The van der Waals surface area contributed by atoms with Crippen LogP contribution in [0.2, 0.25) is 0 Å². The van der Waals surface area contributed by atoms with Crippen LogP contribution >= 0.6 is 15.9 Å². The van der Waals surface area contributed by atoms with E-state index in [1.165, 1.54) is 0 Å². The molecule has 0 aliphatic carbocycles. The molecule has 0 saturated carbocycles. The van der Waals surface area contributed by atoms with Gasteiger partial charge in [-0.2, -0.15) is 0 Å². The van der Waals surface area contributed by atoms with E-state index in [1.807, 2.05) is 31.2 Å². The zero-order valence-corrected chi connectivity index (χ0v) is 14.2. The molecule has 0 spiro atoms. The third-order valence-electron chi connectivity index (χ3n) is 3.15. The van der Waals surface area contributed by atoms with Gasteiger partial charge in [-0.1, -0.05) is 54.4 Å². The number of alkyl halides is 1. The van der Waals surface area contributed by atoms with Crippen molar-refractivity contribution >= 4 is 33.4 Å². The number of hydrogen-bond donors (Lipinski definition) is 2. The van der Waals surface area contributed by atoms with Gasteiger partial charge in [-0.25, -0.2) is 0 Å². The van der Waals surface area contributed by atoms with Gasteiger partial charge in [0.1, 0.15) is 0 Å². The summed E-state index contributed by atoms with van der Waals surface area (Å²) in [7, 11) is 0. The van der Waals surface area contributed by atoms with Gasteiger partial charge in [0.05, 0.1) is 4.83 Å². The Hall–Kier alpha value is -1.36. The standard InChI is InChI=1S/C16H23BrN2O2/c1-3-7-13(17)16(21)18-11-10-15(20)19-14-9-6-5-8-12(14)4-2/h5-6,8-9,13H,3-4,7,10-11H2,1-2H3,(H,18,21)(H,19,20). The maximum Gasteiger partial charge on any atom is 0.233 e. The van der Waals surface area contributed by atoms with Crippen molar-refractivity contribution in [3.05, 3.63) is 29.8 Å². The molecule has 1 aromatic carbocycles. The fourth-order valence-electron chi connectivity index (χ4n) is 1.96. The van der Waals surface area contributed by atoms with Crippen LogP contribution in [0.5, 0.6) is 0 Å². The smallest absolute Gasteiger partial charge is 0.233 e.